The largest absolute Gasteiger partial charge is 0.495 e. The molecule has 6 nitrogen and oxygen atoms in total. The lowest BCUT2D eigenvalue weighted by atomic mass is 10.2. The molecule has 0 unspecified atom stereocenters. The van der Waals surface area contributed by atoms with Crippen molar-refractivity contribution in [2.75, 3.05) is 18.9 Å². The predicted octanol–water partition coefficient (Wildman–Crippen LogP) is 2.65. The average Bonchev–Trinajstić information content (AvgIpc) is 2.93. The lowest BCUT2D eigenvalue weighted by molar-refractivity contribution is 0.0607. The Morgan fingerprint density at radius 3 is 2.59 bits per heavy atom. The van der Waals surface area contributed by atoms with Crippen molar-refractivity contribution in [3.63, 3.8) is 0 Å². The number of ether oxygens (including phenoxy) is 2. The molecule has 0 aliphatic rings. The Morgan fingerprint density at radius 2 is 1.95 bits per heavy atom. The number of hydrogen-bond acceptors (Lipinski definition) is 6. The highest BCUT2D eigenvalue weighted by atomic mass is 32.2. The number of aryl methyl sites for hydroxylation is 1. The Kier molecular flexibility index (Phi) is 4.72. The highest BCUT2D eigenvalue weighted by molar-refractivity contribution is 7.92. The summed E-state index contributed by atoms with van der Waals surface area (Å²) in [7, 11) is -1.25. The van der Waals surface area contributed by atoms with Crippen molar-refractivity contribution in [2.24, 2.45) is 0 Å². The number of carbonyl (C=O) groups is 1. The number of sulfonamides is 1. The minimum Gasteiger partial charge on any atom is -0.495 e. The van der Waals surface area contributed by atoms with Gasteiger partial charge in [-0.25, -0.2) is 13.2 Å². The molecule has 1 N–H and O–H groups in total. The molecule has 0 aliphatic carbocycles. The van der Waals surface area contributed by atoms with Crippen LogP contribution in [-0.2, 0) is 14.8 Å². The van der Waals surface area contributed by atoms with Crippen LogP contribution in [0, 0.1) is 6.92 Å². The topological polar surface area (TPSA) is 81.7 Å². The SMILES string of the molecule is COC(=O)c1sccc1NS(=O)(=O)c1cc(C)ccc1OC. The van der Waals surface area contributed by atoms with Gasteiger partial charge in [0.1, 0.15) is 15.5 Å². The van der Waals surface area contributed by atoms with Crippen LogP contribution >= 0.6 is 11.3 Å². The van der Waals surface area contributed by atoms with Crippen LogP contribution in [0.15, 0.2) is 34.5 Å². The predicted molar refractivity (Wildman–Crippen MR) is 84.2 cm³/mol. The number of anilines is 1. The Labute approximate surface area is 132 Å². The van der Waals surface area contributed by atoms with Gasteiger partial charge < -0.3 is 9.47 Å². The van der Waals surface area contributed by atoms with Crippen LogP contribution in [0.1, 0.15) is 15.2 Å². The fraction of sp³-hybridized carbons (Fsp3) is 0.214. The van der Waals surface area contributed by atoms with Gasteiger partial charge in [-0.3, -0.25) is 4.72 Å². The summed E-state index contributed by atoms with van der Waals surface area (Å²) < 4.78 is 37.2. The molecule has 0 atom stereocenters. The zero-order valence-electron chi connectivity index (χ0n) is 12.2. The van der Waals surface area contributed by atoms with Gasteiger partial charge in [0.25, 0.3) is 10.0 Å². The van der Waals surface area contributed by atoms with Crippen molar-refractivity contribution < 1.29 is 22.7 Å². The number of carbonyl (C=O) groups excluding carboxylic acids is 1. The summed E-state index contributed by atoms with van der Waals surface area (Å²) in [6, 6.07) is 6.35. The van der Waals surface area contributed by atoms with E-state index < -0.39 is 16.0 Å². The molecular formula is C14H15NO5S2. The van der Waals surface area contributed by atoms with E-state index in [1.54, 1.807) is 24.4 Å². The van der Waals surface area contributed by atoms with Crippen LogP contribution < -0.4 is 9.46 Å². The molecule has 2 aromatic rings. The molecule has 0 saturated carbocycles. The van der Waals surface area contributed by atoms with E-state index in [2.05, 4.69) is 9.46 Å². The third-order valence-corrected chi connectivity index (χ3v) is 5.17. The highest BCUT2D eigenvalue weighted by Crippen LogP contribution is 2.30. The standard InChI is InChI=1S/C14H15NO5S2/c1-9-4-5-11(19-2)12(8-9)22(17,18)15-10-6-7-21-13(10)14(16)20-3/h4-8,15H,1-3H3. The van der Waals surface area contributed by atoms with Crippen LogP contribution in [-0.4, -0.2) is 28.6 Å². The summed E-state index contributed by atoms with van der Waals surface area (Å²) in [5.41, 5.74) is 0.958. The van der Waals surface area contributed by atoms with Gasteiger partial charge in [0.15, 0.2) is 0 Å². The van der Waals surface area contributed by atoms with Gasteiger partial charge in [-0.15, -0.1) is 11.3 Å². The molecule has 118 valence electrons. The first kappa shape index (κ1) is 16.3. The fourth-order valence-electron chi connectivity index (χ4n) is 1.83. The third kappa shape index (κ3) is 3.23. The summed E-state index contributed by atoms with van der Waals surface area (Å²) in [5, 5.41) is 1.61. The van der Waals surface area contributed by atoms with Crippen LogP contribution in [0.25, 0.3) is 0 Å². The van der Waals surface area contributed by atoms with Crippen molar-refractivity contribution in [1.82, 2.24) is 0 Å². The molecule has 0 spiro atoms. The highest BCUT2D eigenvalue weighted by Gasteiger charge is 2.23. The van der Waals surface area contributed by atoms with Crippen molar-refractivity contribution >= 4 is 33.0 Å². The number of benzene rings is 1. The number of rotatable bonds is 5. The van der Waals surface area contributed by atoms with Gasteiger partial charge in [-0.05, 0) is 36.1 Å². The maximum Gasteiger partial charge on any atom is 0.350 e. The van der Waals surface area contributed by atoms with Crippen LogP contribution in [0.4, 0.5) is 5.69 Å². The number of thiophene rings is 1. The molecular weight excluding hydrogens is 326 g/mol. The zero-order chi connectivity index (χ0) is 16.3. The van der Waals surface area contributed by atoms with Gasteiger partial charge >= 0.3 is 5.97 Å². The van der Waals surface area contributed by atoms with Crippen LogP contribution in [0.5, 0.6) is 5.75 Å². The van der Waals surface area contributed by atoms with Gasteiger partial charge in [0.05, 0.1) is 19.9 Å². The van der Waals surface area contributed by atoms with Crippen molar-refractivity contribution in [3.05, 3.63) is 40.1 Å². The second kappa shape index (κ2) is 6.37. The van der Waals surface area contributed by atoms with E-state index in [0.29, 0.717) is 0 Å². The first-order chi connectivity index (χ1) is 10.4. The molecule has 8 heteroatoms. The van der Waals surface area contributed by atoms with Gasteiger partial charge in [-0.1, -0.05) is 6.07 Å². The molecule has 22 heavy (non-hydrogen) atoms. The minimum atomic E-state index is -3.89. The third-order valence-electron chi connectivity index (χ3n) is 2.89. The second-order valence-electron chi connectivity index (χ2n) is 4.41. The monoisotopic (exact) mass is 341 g/mol. The maximum atomic E-state index is 12.6. The number of nitrogens with one attached hydrogen (secondary N) is 1. The van der Waals surface area contributed by atoms with E-state index in [4.69, 9.17) is 4.74 Å². The van der Waals surface area contributed by atoms with Crippen LogP contribution in [0.2, 0.25) is 0 Å². The van der Waals surface area contributed by atoms with Gasteiger partial charge in [0.2, 0.25) is 0 Å². The summed E-state index contributed by atoms with van der Waals surface area (Å²) >= 11 is 1.10. The molecule has 1 heterocycles. The Morgan fingerprint density at radius 1 is 1.23 bits per heavy atom. The normalized spacial score (nSPS) is 11.0. The molecule has 2 rings (SSSR count). The average molecular weight is 341 g/mol. The van der Waals surface area contributed by atoms with E-state index in [1.165, 1.54) is 26.4 Å². The fourth-order valence-corrected chi connectivity index (χ4v) is 3.99. The summed E-state index contributed by atoms with van der Waals surface area (Å²) in [6.07, 6.45) is 0. The van der Waals surface area contributed by atoms with E-state index in [-0.39, 0.29) is 21.2 Å². The lowest BCUT2D eigenvalue weighted by Crippen LogP contribution is -2.16. The second-order valence-corrected chi connectivity index (χ2v) is 6.98. The first-order valence-electron chi connectivity index (χ1n) is 6.22. The van der Waals surface area contributed by atoms with Gasteiger partial charge in [-0.2, -0.15) is 0 Å². The van der Waals surface area contributed by atoms with Gasteiger partial charge in [0, 0.05) is 0 Å². The van der Waals surface area contributed by atoms with Crippen molar-refractivity contribution in [2.45, 2.75) is 11.8 Å². The summed E-state index contributed by atoms with van der Waals surface area (Å²) in [4.78, 5) is 11.8. The van der Waals surface area contributed by atoms with E-state index in [1.807, 2.05) is 0 Å². The van der Waals surface area contributed by atoms with Crippen molar-refractivity contribution in [1.29, 1.82) is 0 Å². The van der Waals surface area contributed by atoms with Crippen LogP contribution in [0.3, 0.4) is 0 Å². The van der Waals surface area contributed by atoms with Crippen molar-refractivity contribution in [3.8, 4) is 5.75 Å². The summed E-state index contributed by atoms with van der Waals surface area (Å²) in [6.45, 7) is 1.78. The molecule has 1 aromatic carbocycles. The van der Waals surface area contributed by atoms with E-state index in [9.17, 15) is 13.2 Å². The molecule has 0 bridgehead atoms. The first-order valence-corrected chi connectivity index (χ1v) is 8.58. The Balaban J connectivity index is 2.43. The molecule has 0 radical (unpaired) electrons. The molecule has 0 amide bonds. The smallest absolute Gasteiger partial charge is 0.350 e. The number of hydrogen-bond donors (Lipinski definition) is 1. The molecule has 0 aliphatic heterocycles. The quantitative estimate of drug-likeness (QED) is 0.846. The van der Waals surface area contributed by atoms with E-state index in [0.717, 1.165) is 16.9 Å². The lowest BCUT2D eigenvalue weighted by Gasteiger charge is -2.12. The maximum absolute atomic E-state index is 12.6. The molecule has 1 aromatic heterocycles. The Hall–Kier alpha value is -2.06. The zero-order valence-corrected chi connectivity index (χ0v) is 13.9. The number of esters is 1. The Bertz CT molecular complexity index is 795. The van der Waals surface area contributed by atoms with E-state index >= 15 is 0 Å². The molecule has 0 saturated heterocycles. The minimum absolute atomic E-state index is 0.0111. The molecule has 0 fully saturated rings. The number of methoxy groups -OCH3 is 2. The summed E-state index contributed by atoms with van der Waals surface area (Å²) in [5.74, 6) is -0.364.